The number of H-pyrrole nitrogens is 1. The standard InChI is InChI=1S/C15H13N5O2/c21-14(19-20-15(22)13-9-16-5-6-17-13)7-10-8-18-12-4-2-1-3-11(10)12/h1-6,8-9,18H,7H2,(H,19,21)(H,20,22). The highest BCUT2D eigenvalue weighted by molar-refractivity contribution is 5.94. The van der Waals surface area contributed by atoms with Crippen LogP contribution in [0.25, 0.3) is 10.9 Å². The Bertz CT molecular complexity index is 813. The Hall–Kier alpha value is -3.22. The molecule has 0 saturated carbocycles. The number of nitrogens with one attached hydrogen (secondary N) is 3. The lowest BCUT2D eigenvalue weighted by atomic mass is 10.1. The van der Waals surface area contributed by atoms with Crippen molar-refractivity contribution in [1.29, 1.82) is 0 Å². The van der Waals surface area contributed by atoms with E-state index in [1.54, 1.807) is 6.20 Å². The third-order valence-electron chi connectivity index (χ3n) is 3.14. The number of rotatable bonds is 3. The molecule has 7 heteroatoms. The molecule has 0 spiro atoms. The van der Waals surface area contributed by atoms with Gasteiger partial charge in [-0.1, -0.05) is 18.2 Å². The molecule has 7 nitrogen and oxygen atoms in total. The molecule has 1 aromatic carbocycles. The molecule has 2 amide bonds. The van der Waals surface area contributed by atoms with E-state index in [1.807, 2.05) is 24.3 Å². The Morgan fingerprint density at radius 3 is 2.82 bits per heavy atom. The van der Waals surface area contributed by atoms with Gasteiger partial charge in [0, 0.05) is 29.5 Å². The number of amides is 2. The maximum Gasteiger partial charge on any atom is 0.289 e. The Labute approximate surface area is 125 Å². The van der Waals surface area contributed by atoms with Crippen molar-refractivity contribution in [3.63, 3.8) is 0 Å². The molecule has 22 heavy (non-hydrogen) atoms. The predicted molar refractivity (Wildman–Crippen MR) is 79.6 cm³/mol. The summed E-state index contributed by atoms with van der Waals surface area (Å²) in [6.45, 7) is 0. The zero-order valence-electron chi connectivity index (χ0n) is 11.5. The van der Waals surface area contributed by atoms with Crippen LogP contribution in [0, 0.1) is 0 Å². The van der Waals surface area contributed by atoms with Crippen LogP contribution in [-0.4, -0.2) is 26.8 Å². The Morgan fingerprint density at radius 1 is 1.14 bits per heavy atom. The minimum Gasteiger partial charge on any atom is -0.361 e. The van der Waals surface area contributed by atoms with Crippen LogP contribution in [0.1, 0.15) is 16.1 Å². The van der Waals surface area contributed by atoms with Crippen molar-refractivity contribution in [3.05, 3.63) is 60.3 Å². The van der Waals surface area contributed by atoms with Gasteiger partial charge in [-0.3, -0.25) is 25.4 Å². The first-order chi connectivity index (χ1) is 10.7. The van der Waals surface area contributed by atoms with Crippen LogP contribution in [0.15, 0.2) is 49.1 Å². The highest BCUT2D eigenvalue weighted by Gasteiger charge is 2.11. The van der Waals surface area contributed by atoms with Crippen LogP contribution < -0.4 is 10.9 Å². The second kappa shape index (κ2) is 6.04. The summed E-state index contributed by atoms with van der Waals surface area (Å²) in [5, 5.41) is 0.984. The normalized spacial score (nSPS) is 10.4. The van der Waals surface area contributed by atoms with E-state index in [4.69, 9.17) is 0 Å². The van der Waals surface area contributed by atoms with Gasteiger partial charge in [0.2, 0.25) is 5.91 Å². The molecule has 0 bridgehead atoms. The van der Waals surface area contributed by atoms with E-state index in [0.29, 0.717) is 0 Å². The number of aromatic amines is 1. The molecular formula is C15H13N5O2. The summed E-state index contributed by atoms with van der Waals surface area (Å²) in [7, 11) is 0. The van der Waals surface area contributed by atoms with Crippen molar-refractivity contribution in [2.45, 2.75) is 6.42 Å². The van der Waals surface area contributed by atoms with E-state index < -0.39 is 5.91 Å². The number of carbonyl (C=O) groups is 2. The van der Waals surface area contributed by atoms with Gasteiger partial charge < -0.3 is 4.98 Å². The zero-order valence-corrected chi connectivity index (χ0v) is 11.5. The van der Waals surface area contributed by atoms with Crippen LogP contribution in [0.4, 0.5) is 0 Å². The van der Waals surface area contributed by atoms with Gasteiger partial charge in [-0.2, -0.15) is 0 Å². The molecule has 0 radical (unpaired) electrons. The molecule has 2 heterocycles. The van der Waals surface area contributed by atoms with E-state index in [9.17, 15) is 9.59 Å². The second-order valence-corrected chi connectivity index (χ2v) is 4.63. The first-order valence-electron chi connectivity index (χ1n) is 6.64. The summed E-state index contributed by atoms with van der Waals surface area (Å²) in [6.07, 6.45) is 6.13. The summed E-state index contributed by atoms with van der Waals surface area (Å²) in [5.74, 6) is -0.831. The fraction of sp³-hybridized carbons (Fsp3) is 0.0667. The van der Waals surface area contributed by atoms with Crippen molar-refractivity contribution in [1.82, 2.24) is 25.8 Å². The van der Waals surface area contributed by atoms with Crippen molar-refractivity contribution < 1.29 is 9.59 Å². The topological polar surface area (TPSA) is 99.8 Å². The average Bonchev–Trinajstić information content (AvgIpc) is 2.97. The lowest BCUT2D eigenvalue weighted by Gasteiger charge is -2.06. The fourth-order valence-corrected chi connectivity index (χ4v) is 2.10. The molecule has 0 atom stereocenters. The van der Waals surface area contributed by atoms with E-state index in [1.165, 1.54) is 18.6 Å². The summed E-state index contributed by atoms with van der Waals surface area (Å²) in [4.78, 5) is 34.4. The van der Waals surface area contributed by atoms with Crippen LogP contribution in [0.5, 0.6) is 0 Å². The zero-order chi connectivity index (χ0) is 15.4. The van der Waals surface area contributed by atoms with Gasteiger partial charge in [0.05, 0.1) is 12.6 Å². The van der Waals surface area contributed by atoms with Crippen LogP contribution >= 0.6 is 0 Å². The molecular weight excluding hydrogens is 282 g/mol. The molecule has 0 aliphatic rings. The SMILES string of the molecule is O=C(Cc1c[nH]c2ccccc12)NNC(=O)c1cnccn1. The van der Waals surface area contributed by atoms with Gasteiger partial charge in [0.15, 0.2) is 0 Å². The van der Waals surface area contributed by atoms with Crippen molar-refractivity contribution in [3.8, 4) is 0 Å². The fourth-order valence-electron chi connectivity index (χ4n) is 2.10. The molecule has 0 unspecified atom stereocenters. The van der Waals surface area contributed by atoms with E-state index in [0.717, 1.165) is 16.5 Å². The number of carbonyl (C=O) groups excluding carboxylic acids is 2. The van der Waals surface area contributed by atoms with Gasteiger partial charge in [-0.15, -0.1) is 0 Å². The first kappa shape index (κ1) is 13.7. The Morgan fingerprint density at radius 2 is 2.00 bits per heavy atom. The average molecular weight is 295 g/mol. The van der Waals surface area contributed by atoms with Crippen LogP contribution in [0.2, 0.25) is 0 Å². The number of hydrazine groups is 1. The van der Waals surface area contributed by atoms with Crippen molar-refractivity contribution in [2.24, 2.45) is 0 Å². The molecule has 3 rings (SSSR count). The van der Waals surface area contributed by atoms with Gasteiger partial charge >= 0.3 is 0 Å². The predicted octanol–water partition coefficient (Wildman–Crippen LogP) is 0.962. The van der Waals surface area contributed by atoms with Gasteiger partial charge in [-0.05, 0) is 11.6 Å². The Kier molecular flexibility index (Phi) is 3.78. The molecule has 2 aromatic heterocycles. The van der Waals surface area contributed by atoms with E-state index in [-0.39, 0.29) is 18.0 Å². The monoisotopic (exact) mass is 295 g/mol. The van der Waals surface area contributed by atoms with Crippen LogP contribution in [-0.2, 0) is 11.2 Å². The molecule has 0 saturated heterocycles. The minimum atomic E-state index is -0.514. The molecule has 3 N–H and O–H groups in total. The van der Waals surface area contributed by atoms with E-state index >= 15 is 0 Å². The quantitative estimate of drug-likeness (QED) is 0.627. The summed E-state index contributed by atoms with van der Waals surface area (Å²) >= 11 is 0. The smallest absolute Gasteiger partial charge is 0.289 e. The maximum atomic E-state index is 11.9. The lowest BCUT2D eigenvalue weighted by molar-refractivity contribution is -0.121. The first-order valence-corrected chi connectivity index (χ1v) is 6.64. The number of fused-ring (bicyclic) bond motifs is 1. The van der Waals surface area contributed by atoms with Gasteiger partial charge in [0.25, 0.3) is 5.91 Å². The number of para-hydroxylation sites is 1. The third kappa shape index (κ3) is 2.93. The molecule has 0 aliphatic heterocycles. The highest BCUT2D eigenvalue weighted by atomic mass is 16.2. The Balaban J connectivity index is 1.60. The molecule has 110 valence electrons. The minimum absolute atomic E-state index is 0.134. The summed E-state index contributed by atoms with van der Waals surface area (Å²) in [6, 6.07) is 7.70. The number of benzene rings is 1. The number of nitrogens with zero attached hydrogens (tertiary/aromatic N) is 2. The number of hydrogen-bond acceptors (Lipinski definition) is 4. The number of hydrogen-bond donors (Lipinski definition) is 3. The molecule has 0 aliphatic carbocycles. The largest absolute Gasteiger partial charge is 0.361 e. The third-order valence-corrected chi connectivity index (χ3v) is 3.14. The van der Waals surface area contributed by atoms with Gasteiger partial charge in [0.1, 0.15) is 5.69 Å². The molecule has 3 aromatic rings. The maximum absolute atomic E-state index is 11.9. The summed E-state index contributed by atoms with van der Waals surface area (Å²) in [5.41, 5.74) is 6.64. The summed E-state index contributed by atoms with van der Waals surface area (Å²) < 4.78 is 0. The van der Waals surface area contributed by atoms with Gasteiger partial charge in [-0.25, -0.2) is 4.98 Å². The molecule has 0 fully saturated rings. The second-order valence-electron chi connectivity index (χ2n) is 4.63. The van der Waals surface area contributed by atoms with Crippen molar-refractivity contribution in [2.75, 3.05) is 0 Å². The van der Waals surface area contributed by atoms with Crippen LogP contribution in [0.3, 0.4) is 0 Å². The highest BCUT2D eigenvalue weighted by Crippen LogP contribution is 2.17. The lowest BCUT2D eigenvalue weighted by Crippen LogP contribution is -2.42. The van der Waals surface area contributed by atoms with E-state index in [2.05, 4.69) is 25.8 Å². The van der Waals surface area contributed by atoms with Crippen molar-refractivity contribution >= 4 is 22.7 Å². The number of aromatic nitrogens is 3.